The van der Waals surface area contributed by atoms with Gasteiger partial charge in [0.15, 0.2) is 0 Å². The summed E-state index contributed by atoms with van der Waals surface area (Å²) in [4.78, 5) is 14.7. The molecule has 2 heterocycles. The number of aliphatic hydroxyl groups excluding tert-OH is 1. The third-order valence-corrected chi connectivity index (χ3v) is 6.84. The van der Waals surface area contributed by atoms with Crippen LogP contribution in [-0.2, 0) is 27.0 Å². The predicted octanol–water partition coefficient (Wildman–Crippen LogP) is 4.08. The SMILES string of the molecule is C[C@H](NC(=O)C[C@H]1CC[C@H]2[C@@H](COC[C@H](O)CN2Cc2ccc(C(F)(F)F)cc2)O1)c1ccccc1. The number of halogens is 3. The van der Waals surface area contributed by atoms with Gasteiger partial charge in [-0.15, -0.1) is 0 Å². The van der Waals surface area contributed by atoms with Crippen molar-refractivity contribution in [3.63, 3.8) is 0 Å². The maximum atomic E-state index is 12.9. The van der Waals surface area contributed by atoms with E-state index >= 15 is 0 Å². The van der Waals surface area contributed by atoms with Crippen LogP contribution in [0.2, 0.25) is 0 Å². The number of carbonyl (C=O) groups excluding carboxylic acids is 1. The van der Waals surface area contributed by atoms with E-state index in [0.717, 1.165) is 29.7 Å². The second-order valence-electron chi connectivity index (χ2n) is 9.66. The second-order valence-corrected chi connectivity index (χ2v) is 9.66. The molecule has 2 aromatic rings. The summed E-state index contributed by atoms with van der Waals surface area (Å²) in [6.45, 7) is 3.09. The molecule has 2 N–H and O–H groups in total. The predicted molar refractivity (Wildman–Crippen MR) is 128 cm³/mol. The lowest BCUT2D eigenvalue weighted by Gasteiger charge is -2.44. The van der Waals surface area contributed by atoms with Gasteiger partial charge in [-0.3, -0.25) is 9.69 Å². The number of benzene rings is 2. The minimum atomic E-state index is -4.38. The first kappa shape index (κ1) is 26.6. The van der Waals surface area contributed by atoms with Crippen molar-refractivity contribution >= 4 is 5.91 Å². The van der Waals surface area contributed by atoms with Crippen LogP contribution in [0, 0.1) is 0 Å². The molecule has 196 valence electrons. The van der Waals surface area contributed by atoms with Crippen molar-refractivity contribution in [3.8, 4) is 0 Å². The number of β-amino-alcohol motifs (C(OH)–C–C–N with tert-alkyl or cyclic N) is 1. The van der Waals surface area contributed by atoms with Crippen LogP contribution in [0.15, 0.2) is 54.6 Å². The van der Waals surface area contributed by atoms with E-state index in [1.165, 1.54) is 12.1 Å². The van der Waals surface area contributed by atoms with Crippen molar-refractivity contribution in [2.24, 2.45) is 0 Å². The van der Waals surface area contributed by atoms with Gasteiger partial charge in [-0.05, 0) is 43.0 Å². The Morgan fingerprint density at radius 2 is 1.83 bits per heavy atom. The first-order chi connectivity index (χ1) is 17.2. The van der Waals surface area contributed by atoms with E-state index in [1.807, 2.05) is 37.3 Å². The fraction of sp³-hybridized carbons (Fsp3) is 0.519. The highest BCUT2D eigenvalue weighted by Crippen LogP contribution is 2.31. The summed E-state index contributed by atoms with van der Waals surface area (Å²) in [5.41, 5.74) is 1.07. The van der Waals surface area contributed by atoms with Crippen molar-refractivity contribution in [3.05, 3.63) is 71.3 Å². The minimum absolute atomic E-state index is 0.0789. The summed E-state index contributed by atoms with van der Waals surface area (Å²) in [5.74, 6) is -0.0846. The normalized spacial score (nSPS) is 26.4. The highest BCUT2D eigenvalue weighted by molar-refractivity contribution is 5.77. The summed E-state index contributed by atoms with van der Waals surface area (Å²) in [6.07, 6.45) is -4.01. The second kappa shape index (κ2) is 11.7. The van der Waals surface area contributed by atoms with Crippen molar-refractivity contribution in [2.45, 2.75) is 69.3 Å². The number of nitrogens with one attached hydrogen (secondary N) is 1. The van der Waals surface area contributed by atoms with E-state index in [9.17, 15) is 23.1 Å². The van der Waals surface area contributed by atoms with Gasteiger partial charge in [-0.25, -0.2) is 0 Å². The maximum absolute atomic E-state index is 12.9. The molecule has 2 aliphatic heterocycles. The van der Waals surface area contributed by atoms with Gasteiger partial charge >= 0.3 is 6.18 Å². The van der Waals surface area contributed by atoms with Crippen LogP contribution < -0.4 is 5.32 Å². The number of nitrogens with zero attached hydrogens (tertiary/aromatic N) is 1. The molecule has 0 unspecified atom stereocenters. The molecule has 0 aromatic heterocycles. The number of amides is 1. The molecule has 36 heavy (non-hydrogen) atoms. The highest BCUT2D eigenvalue weighted by Gasteiger charge is 2.38. The summed E-state index contributed by atoms with van der Waals surface area (Å²) < 4.78 is 50.7. The molecule has 0 radical (unpaired) electrons. The molecule has 5 atom stereocenters. The third-order valence-electron chi connectivity index (χ3n) is 6.84. The van der Waals surface area contributed by atoms with Gasteiger partial charge in [0.05, 0.1) is 49.6 Å². The molecule has 0 aliphatic carbocycles. The fourth-order valence-electron chi connectivity index (χ4n) is 4.99. The quantitative estimate of drug-likeness (QED) is 0.618. The van der Waals surface area contributed by atoms with Crippen LogP contribution in [0.25, 0.3) is 0 Å². The summed E-state index contributed by atoms with van der Waals surface area (Å²) >= 11 is 0. The lowest BCUT2D eigenvalue weighted by molar-refractivity contribution is -0.158. The number of fused-ring (bicyclic) bond motifs is 1. The van der Waals surface area contributed by atoms with Crippen LogP contribution in [0.3, 0.4) is 0 Å². The Morgan fingerprint density at radius 3 is 2.53 bits per heavy atom. The zero-order chi connectivity index (χ0) is 25.7. The molecule has 6 nitrogen and oxygen atoms in total. The van der Waals surface area contributed by atoms with Crippen LogP contribution in [0.4, 0.5) is 13.2 Å². The van der Waals surface area contributed by atoms with E-state index in [4.69, 9.17) is 9.47 Å². The van der Waals surface area contributed by atoms with Crippen LogP contribution >= 0.6 is 0 Å². The number of hydrogen-bond donors (Lipinski definition) is 2. The third kappa shape index (κ3) is 7.06. The smallest absolute Gasteiger partial charge is 0.389 e. The molecule has 0 saturated carbocycles. The molecule has 2 saturated heterocycles. The number of hydrogen-bond acceptors (Lipinski definition) is 5. The maximum Gasteiger partial charge on any atom is 0.416 e. The lowest BCUT2D eigenvalue weighted by atomic mass is 9.94. The summed E-state index contributed by atoms with van der Waals surface area (Å²) in [5, 5.41) is 13.4. The first-order valence-electron chi connectivity index (χ1n) is 12.3. The van der Waals surface area contributed by atoms with Crippen LogP contribution in [-0.4, -0.2) is 60.0 Å². The van der Waals surface area contributed by atoms with Gasteiger partial charge in [0.2, 0.25) is 5.91 Å². The molecule has 0 bridgehead atoms. The first-order valence-corrected chi connectivity index (χ1v) is 12.3. The Hall–Kier alpha value is -2.46. The van der Waals surface area contributed by atoms with Crippen molar-refractivity contribution < 1.29 is 32.5 Å². The molecule has 2 aliphatic rings. The summed E-state index contributed by atoms with van der Waals surface area (Å²) in [6, 6.07) is 14.7. The van der Waals surface area contributed by atoms with E-state index in [2.05, 4.69) is 10.2 Å². The average molecular weight is 507 g/mol. The Morgan fingerprint density at radius 1 is 1.11 bits per heavy atom. The van der Waals surface area contributed by atoms with Crippen molar-refractivity contribution in [1.29, 1.82) is 0 Å². The minimum Gasteiger partial charge on any atom is -0.389 e. The topological polar surface area (TPSA) is 71.0 Å². The number of carbonyl (C=O) groups is 1. The molecular weight excluding hydrogens is 473 g/mol. The Balaban J connectivity index is 1.37. The van der Waals surface area contributed by atoms with Crippen LogP contribution in [0.5, 0.6) is 0 Å². The number of alkyl halides is 3. The number of aliphatic hydroxyl groups is 1. The molecule has 1 amide bonds. The van der Waals surface area contributed by atoms with Crippen LogP contribution in [0.1, 0.15) is 48.9 Å². The molecule has 9 heteroatoms. The Kier molecular flexibility index (Phi) is 8.66. The highest BCUT2D eigenvalue weighted by atomic mass is 19.4. The Labute approximate surface area is 209 Å². The van der Waals surface area contributed by atoms with Crippen molar-refractivity contribution in [1.82, 2.24) is 10.2 Å². The van der Waals surface area contributed by atoms with E-state index in [1.54, 1.807) is 0 Å². The Bertz CT molecular complexity index is 987. The van der Waals surface area contributed by atoms with E-state index < -0.39 is 17.8 Å². The largest absolute Gasteiger partial charge is 0.416 e. The molecular formula is C27H33F3N2O4. The molecule has 0 spiro atoms. The van der Waals surface area contributed by atoms with E-state index in [0.29, 0.717) is 19.5 Å². The number of ether oxygens (including phenoxy) is 2. The zero-order valence-corrected chi connectivity index (χ0v) is 20.3. The standard InChI is InChI=1S/C27H33F3N2O4/c1-18(20-5-3-2-4-6-20)31-26(34)13-23-11-12-24-25(36-23)17-35-16-22(33)15-32(24)14-19-7-9-21(10-8-19)27(28,29)30/h2-10,18,22-25,33H,11-17H2,1H3,(H,31,34)/t18-,22+,23+,24-,25+/m0/s1. The van der Waals surface area contributed by atoms with Gasteiger partial charge in [0, 0.05) is 19.1 Å². The summed E-state index contributed by atoms with van der Waals surface area (Å²) in [7, 11) is 0. The number of rotatable bonds is 6. The molecule has 2 aromatic carbocycles. The lowest BCUT2D eigenvalue weighted by Crippen LogP contribution is -2.55. The van der Waals surface area contributed by atoms with Gasteiger partial charge in [-0.1, -0.05) is 42.5 Å². The zero-order valence-electron chi connectivity index (χ0n) is 20.3. The molecule has 4 rings (SSSR count). The average Bonchev–Trinajstić information content (AvgIpc) is 2.83. The van der Waals surface area contributed by atoms with Gasteiger partial charge in [0.25, 0.3) is 0 Å². The monoisotopic (exact) mass is 506 g/mol. The van der Waals surface area contributed by atoms with Gasteiger partial charge in [0.1, 0.15) is 0 Å². The fourth-order valence-corrected chi connectivity index (χ4v) is 4.99. The molecule has 2 fully saturated rings. The van der Waals surface area contributed by atoms with Gasteiger partial charge in [-0.2, -0.15) is 13.2 Å². The van der Waals surface area contributed by atoms with E-state index in [-0.39, 0.29) is 49.8 Å². The van der Waals surface area contributed by atoms with Crippen molar-refractivity contribution in [2.75, 3.05) is 19.8 Å². The van der Waals surface area contributed by atoms with Gasteiger partial charge < -0.3 is 19.9 Å².